The normalized spacial score (nSPS) is 11.1. The maximum atomic E-state index is 12.4. The summed E-state index contributed by atoms with van der Waals surface area (Å²) in [7, 11) is -3.73. The third-order valence-electron chi connectivity index (χ3n) is 2.68. The predicted octanol–water partition coefficient (Wildman–Crippen LogP) is 2.02. The van der Waals surface area contributed by atoms with Crippen LogP contribution >= 0.6 is 0 Å². The van der Waals surface area contributed by atoms with Crippen molar-refractivity contribution in [3.05, 3.63) is 42.4 Å². The van der Waals surface area contributed by atoms with Gasteiger partial charge in [-0.15, -0.1) is 0 Å². The smallest absolute Gasteiger partial charge is 0.266 e. The Bertz CT molecular complexity index is 701. The summed E-state index contributed by atoms with van der Waals surface area (Å²) >= 11 is 0. The van der Waals surface area contributed by atoms with Crippen LogP contribution in [0, 0.1) is 6.92 Å². The molecule has 0 aromatic carbocycles. The van der Waals surface area contributed by atoms with E-state index in [1.807, 2.05) is 6.92 Å². The number of nitrogens with zero attached hydrogens (tertiary/aromatic N) is 2. The van der Waals surface area contributed by atoms with E-state index in [-0.39, 0.29) is 4.90 Å². The molecule has 0 spiro atoms. The highest BCUT2D eigenvalue weighted by molar-refractivity contribution is 7.92. The number of aryl methyl sites for hydroxylation is 1. The third kappa shape index (κ3) is 3.05. The van der Waals surface area contributed by atoms with E-state index >= 15 is 0 Å². The number of sulfonamides is 1. The first-order valence-corrected chi connectivity index (χ1v) is 7.65. The molecule has 0 bridgehead atoms. The van der Waals surface area contributed by atoms with Gasteiger partial charge in [0.15, 0.2) is 0 Å². The Hall–Kier alpha value is -2.15. The van der Waals surface area contributed by atoms with Crippen molar-refractivity contribution in [1.82, 2.24) is 9.97 Å². The summed E-state index contributed by atoms with van der Waals surface area (Å²) < 4.78 is 27.3. The van der Waals surface area contributed by atoms with Gasteiger partial charge in [-0.3, -0.25) is 9.71 Å². The van der Waals surface area contributed by atoms with Gasteiger partial charge in [-0.1, -0.05) is 6.07 Å². The maximum Gasteiger partial charge on any atom is 0.266 e. The van der Waals surface area contributed by atoms with E-state index in [1.54, 1.807) is 37.5 Å². The zero-order valence-corrected chi connectivity index (χ0v) is 12.1. The van der Waals surface area contributed by atoms with E-state index in [0.29, 0.717) is 18.1 Å². The zero-order valence-electron chi connectivity index (χ0n) is 11.3. The summed E-state index contributed by atoms with van der Waals surface area (Å²) in [6, 6.07) is 5.17. The monoisotopic (exact) mass is 292 g/mol. The van der Waals surface area contributed by atoms with Crippen LogP contribution in [0.4, 0.5) is 11.5 Å². The van der Waals surface area contributed by atoms with Gasteiger partial charge in [0.05, 0.1) is 5.69 Å². The first-order valence-electron chi connectivity index (χ1n) is 6.17. The highest BCUT2D eigenvalue weighted by Crippen LogP contribution is 2.22. The molecule has 6 nitrogen and oxygen atoms in total. The maximum absolute atomic E-state index is 12.4. The summed E-state index contributed by atoms with van der Waals surface area (Å²) in [5, 5.41) is 3.00. The van der Waals surface area contributed by atoms with E-state index in [2.05, 4.69) is 20.0 Å². The van der Waals surface area contributed by atoms with Gasteiger partial charge in [-0.05, 0) is 31.5 Å². The van der Waals surface area contributed by atoms with Crippen LogP contribution in [0.15, 0.2) is 41.7 Å². The topological polar surface area (TPSA) is 84.0 Å². The van der Waals surface area contributed by atoms with E-state index in [9.17, 15) is 8.42 Å². The Morgan fingerprint density at radius 2 is 2.05 bits per heavy atom. The molecule has 0 aliphatic heterocycles. The van der Waals surface area contributed by atoms with Crippen LogP contribution < -0.4 is 10.0 Å². The SMILES string of the molecule is CCNc1ccncc1S(=O)(=O)Nc1ncccc1C. The minimum atomic E-state index is -3.73. The lowest BCUT2D eigenvalue weighted by molar-refractivity contribution is 0.601. The fourth-order valence-electron chi connectivity index (χ4n) is 1.71. The molecule has 0 aliphatic rings. The lowest BCUT2D eigenvalue weighted by atomic mass is 10.3. The van der Waals surface area contributed by atoms with Crippen molar-refractivity contribution in [2.24, 2.45) is 0 Å². The Labute approximate surface area is 118 Å². The molecule has 106 valence electrons. The van der Waals surface area contributed by atoms with Gasteiger partial charge in [0.1, 0.15) is 10.7 Å². The second-order valence-corrected chi connectivity index (χ2v) is 5.83. The summed E-state index contributed by atoms with van der Waals surface area (Å²) in [5.74, 6) is 0.318. The zero-order chi connectivity index (χ0) is 14.6. The minimum Gasteiger partial charge on any atom is -0.384 e. The van der Waals surface area contributed by atoms with Crippen LogP contribution in [0.25, 0.3) is 0 Å². The Morgan fingerprint density at radius 3 is 2.75 bits per heavy atom. The van der Waals surface area contributed by atoms with Crippen LogP contribution in [-0.2, 0) is 10.0 Å². The largest absolute Gasteiger partial charge is 0.384 e. The average Bonchev–Trinajstić information content (AvgIpc) is 2.42. The number of anilines is 2. The second kappa shape index (κ2) is 5.87. The Morgan fingerprint density at radius 1 is 1.25 bits per heavy atom. The molecule has 0 saturated carbocycles. The van der Waals surface area contributed by atoms with Crippen molar-refractivity contribution in [3.8, 4) is 0 Å². The van der Waals surface area contributed by atoms with Gasteiger partial charge in [-0.2, -0.15) is 0 Å². The van der Waals surface area contributed by atoms with Crippen molar-refractivity contribution in [3.63, 3.8) is 0 Å². The van der Waals surface area contributed by atoms with Gasteiger partial charge >= 0.3 is 0 Å². The minimum absolute atomic E-state index is 0.104. The molecule has 20 heavy (non-hydrogen) atoms. The molecule has 2 heterocycles. The molecule has 2 aromatic heterocycles. The van der Waals surface area contributed by atoms with Crippen LogP contribution in [0.1, 0.15) is 12.5 Å². The summed E-state index contributed by atoms with van der Waals surface area (Å²) in [5.41, 5.74) is 1.27. The van der Waals surface area contributed by atoms with E-state index < -0.39 is 10.0 Å². The van der Waals surface area contributed by atoms with Crippen molar-refractivity contribution >= 4 is 21.5 Å². The molecule has 0 radical (unpaired) electrons. The molecular formula is C13H16N4O2S. The molecule has 2 aromatic rings. The molecule has 2 N–H and O–H groups in total. The van der Waals surface area contributed by atoms with E-state index in [1.165, 1.54) is 6.20 Å². The number of aromatic nitrogens is 2. The fraction of sp³-hybridized carbons (Fsp3) is 0.231. The van der Waals surface area contributed by atoms with Crippen molar-refractivity contribution < 1.29 is 8.42 Å². The highest BCUT2D eigenvalue weighted by Gasteiger charge is 2.20. The Balaban J connectivity index is 2.39. The van der Waals surface area contributed by atoms with Gasteiger partial charge in [0.25, 0.3) is 10.0 Å². The van der Waals surface area contributed by atoms with Gasteiger partial charge < -0.3 is 5.32 Å². The fourth-order valence-corrected chi connectivity index (χ4v) is 2.91. The van der Waals surface area contributed by atoms with Crippen molar-refractivity contribution in [2.45, 2.75) is 18.7 Å². The molecule has 0 saturated heterocycles. The summed E-state index contributed by atoms with van der Waals surface area (Å²) in [4.78, 5) is 8.02. The van der Waals surface area contributed by atoms with Gasteiger partial charge in [0, 0.05) is 25.1 Å². The lowest BCUT2D eigenvalue weighted by Gasteiger charge is -2.12. The van der Waals surface area contributed by atoms with Crippen molar-refractivity contribution in [1.29, 1.82) is 0 Å². The summed E-state index contributed by atoms with van der Waals surface area (Å²) in [6.45, 7) is 4.31. The van der Waals surface area contributed by atoms with E-state index in [0.717, 1.165) is 5.56 Å². The standard InChI is InChI=1S/C13H16N4O2S/c1-3-15-11-6-8-14-9-12(11)20(18,19)17-13-10(2)5-4-7-16-13/h4-9H,3H2,1-2H3,(H,14,15)(H,16,17). The molecule has 0 atom stereocenters. The number of nitrogens with one attached hydrogen (secondary N) is 2. The molecule has 7 heteroatoms. The molecule has 0 unspecified atom stereocenters. The number of rotatable bonds is 5. The predicted molar refractivity (Wildman–Crippen MR) is 78.2 cm³/mol. The van der Waals surface area contributed by atoms with E-state index in [4.69, 9.17) is 0 Å². The van der Waals surface area contributed by atoms with Gasteiger partial charge in [-0.25, -0.2) is 13.4 Å². The van der Waals surface area contributed by atoms with Crippen LogP contribution in [0.2, 0.25) is 0 Å². The van der Waals surface area contributed by atoms with Crippen LogP contribution in [0.3, 0.4) is 0 Å². The third-order valence-corrected chi connectivity index (χ3v) is 4.05. The lowest BCUT2D eigenvalue weighted by Crippen LogP contribution is -2.17. The quantitative estimate of drug-likeness (QED) is 0.880. The molecular weight excluding hydrogens is 276 g/mol. The highest BCUT2D eigenvalue weighted by atomic mass is 32.2. The number of pyridine rings is 2. The first kappa shape index (κ1) is 14.3. The molecule has 0 amide bonds. The molecule has 0 aliphatic carbocycles. The van der Waals surface area contributed by atoms with Crippen LogP contribution in [-0.4, -0.2) is 24.9 Å². The number of hydrogen-bond donors (Lipinski definition) is 2. The van der Waals surface area contributed by atoms with Crippen LogP contribution in [0.5, 0.6) is 0 Å². The Kier molecular flexibility index (Phi) is 4.19. The second-order valence-electron chi connectivity index (χ2n) is 4.18. The molecule has 0 fully saturated rings. The van der Waals surface area contributed by atoms with Crippen molar-refractivity contribution in [2.75, 3.05) is 16.6 Å². The van der Waals surface area contributed by atoms with Gasteiger partial charge in [0.2, 0.25) is 0 Å². The molecule has 2 rings (SSSR count). The summed E-state index contributed by atoms with van der Waals surface area (Å²) in [6.07, 6.45) is 4.40. The first-order chi connectivity index (χ1) is 9.54. The number of hydrogen-bond acceptors (Lipinski definition) is 5. The average molecular weight is 292 g/mol.